The van der Waals surface area contributed by atoms with Crippen LogP contribution in [0.1, 0.15) is 74.9 Å². The number of carboxylic acid groups (broad SMARTS) is 2. The summed E-state index contributed by atoms with van der Waals surface area (Å²) in [4.78, 5) is 32.4. The minimum absolute atomic E-state index is 0. The number of aromatic carboxylic acids is 2. The average molecular weight is 1020 g/mol. The molecule has 0 amide bonds. The van der Waals surface area contributed by atoms with Gasteiger partial charge >= 0.3 is 17.9 Å². The van der Waals surface area contributed by atoms with Crippen LogP contribution < -0.4 is 4.74 Å². The fourth-order valence-corrected chi connectivity index (χ4v) is 5.46. The van der Waals surface area contributed by atoms with Crippen molar-refractivity contribution in [1.82, 2.24) is 0 Å². The zero-order valence-corrected chi connectivity index (χ0v) is 36.5. The second-order valence-corrected chi connectivity index (χ2v) is 14.3. The highest BCUT2D eigenvalue weighted by molar-refractivity contribution is 9.09. The Morgan fingerprint density at radius 2 is 0.873 bits per heavy atom. The molecular weight excluding hydrogens is 979 g/mol. The summed E-state index contributed by atoms with van der Waals surface area (Å²) in [6, 6.07) is 18.9. The van der Waals surface area contributed by atoms with E-state index in [9.17, 15) is 19.5 Å². The zero-order chi connectivity index (χ0) is 41.0. The molecule has 0 saturated carbocycles. The van der Waals surface area contributed by atoms with Gasteiger partial charge < -0.3 is 45.2 Å². The second kappa shape index (κ2) is 26.3. The molecule has 55 heavy (non-hydrogen) atoms. The smallest absolute Gasteiger partial charge is 0.344 e. The number of aliphatic hydroxyl groups is 2. The number of ether oxygens (including phenoxy) is 2. The van der Waals surface area contributed by atoms with E-state index >= 15 is 0 Å². The maximum atomic E-state index is 11.6. The first-order chi connectivity index (χ1) is 25.4. The van der Waals surface area contributed by atoms with E-state index in [4.69, 9.17) is 40.1 Å². The van der Waals surface area contributed by atoms with E-state index in [-0.39, 0.29) is 56.8 Å². The molecule has 4 rings (SSSR count). The van der Waals surface area contributed by atoms with Crippen molar-refractivity contribution in [2.45, 2.75) is 60.9 Å². The third-order valence-corrected chi connectivity index (χ3v) is 8.86. The summed E-state index contributed by atoms with van der Waals surface area (Å²) in [7, 11) is 0. The number of carbonyl (C=O) groups is 3. The van der Waals surface area contributed by atoms with Crippen LogP contribution >= 0.6 is 63.7 Å². The molecule has 4 aromatic carbocycles. The van der Waals surface area contributed by atoms with E-state index in [2.05, 4.69) is 69.8 Å². The Morgan fingerprint density at radius 3 is 1.20 bits per heavy atom. The number of carbonyl (C=O) groups excluding carboxylic acids is 1. The molecule has 0 aliphatic heterocycles. The Labute approximate surface area is 355 Å². The number of aromatic hydroxyl groups is 3. The number of phenolic OH excluding ortho intramolecular Hbond substituents is 3. The van der Waals surface area contributed by atoms with Gasteiger partial charge in [0.05, 0.1) is 24.3 Å². The van der Waals surface area contributed by atoms with Crippen molar-refractivity contribution in [3.05, 3.63) is 117 Å². The Bertz CT molecular complexity index is 1680. The summed E-state index contributed by atoms with van der Waals surface area (Å²) in [6.07, 6.45) is 0. The molecule has 0 fully saturated rings. The van der Waals surface area contributed by atoms with E-state index < -0.39 is 17.5 Å². The van der Waals surface area contributed by atoms with Gasteiger partial charge in [0.25, 0.3) is 0 Å². The lowest BCUT2D eigenvalue weighted by Gasteiger charge is -2.19. The van der Waals surface area contributed by atoms with Gasteiger partial charge in [0.1, 0.15) is 28.6 Å². The molecule has 0 aliphatic carbocycles. The third-order valence-electron chi connectivity index (χ3n) is 6.27. The summed E-state index contributed by atoms with van der Waals surface area (Å²) in [5.41, 5.74) is 4.63. The summed E-state index contributed by atoms with van der Waals surface area (Å²) >= 11 is 13.5. The number of rotatable bonds is 11. The van der Waals surface area contributed by atoms with Gasteiger partial charge in [-0.05, 0) is 109 Å². The summed E-state index contributed by atoms with van der Waals surface area (Å²) in [5.74, 6) is -2.22. The predicted octanol–water partition coefficient (Wildman–Crippen LogP) is 8.16. The van der Waals surface area contributed by atoms with Gasteiger partial charge in [0.15, 0.2) is 6.61 Å². The van der Waals surface area contributed by atoms with Gasteiger partial charge in [-0.1, -0.05) is 81.9 Å². The van der Waals surface area contributed by atoms with Crippen LogP contribution in [-0.2, 0) is 44.1 Å². The Balaban J connectivity index is 0.000000722. The lowest BCUT2D eigenvalue weighted by Crippen LogP contribution is -2.27. The number of carboxylic acids is 2. The lowest BCUT2D eigenvalue weighted by molar-refractivity contribution is -0.157. The topological polar surface area (TPSA) is 211 Å². The quantitative estimate of drug-likeness (QED) is 0.0431. The maximum absolute atomic E-state index is 11.6. The zero-order valence-electron chi connectivity index (χ0n) is 30.1. The van der Waals surface area contributed by atoms with Crippen molar-refractivity contribution in [3.8, 4) is 23.0 Å². The van der Waals surface area contributed by atoms with Crippen molar-refractivity contribution in [2.75, 3.05) is 6.61 Å². The molecular formula is C38H42BBr4O12. The first-order valence-corrected chi connectivity index (χ1v) is 20.2. The lowest BCUT2D eigenvalue weighted by atomic mass is 10.1. The second-order valence-electron chi connectivity index (χ2n) is 12.1. The standard InChI is InChI=1S/C14H18Br2O3.C8H8Br2O.C8H6O5.C8H10O3.B/c1-14(2,3)19-13(17)9-18-12-5-10(7-15)4-11(6-12)8-16;9-4-6-1-7(5-10)3-8(11)2-6;9-6-2-4(7(10)11)1-5(3-6)8(12)13;9-4-6-1-7(5-10)3-8(11)2-6;/h4-6H,7-9H2,1-3H3;1-3,11H,4-5H2;1-3,9H,(H,10,11)(H,12,13);1-3,9-11H,4-5H2;. The molecule has 297 valence electrons. The van der Waals surface area contributed by atoms with Crippen molar-refractivity contribution in [3.63, 3.8) is 0 Å². The molecule has 0 saturated heterocycles. The van der Waals surface area contributed by atoms with Crippen LogP contribution in [-0.4, -0.2) is 74.3 Å². The van der Waals surface area contributed by atoms with Gasteiger partial charge in [-0.15, -0.1) is 0 Å². The van der Waals surface area contributed by atoms with E-state index in [0.29, 0.717) is 22.6 Å². The number of esters is 1. The molecule has 12 nitrogen and oxygen atoms in total. The molecule has 0 aromatic heterocycles. The minimum atomic E-state index is -1.28. The van der Waals surface area contributed by atoms with E-state index in [0.717, 1.165) is 61.8 Å². The monoisotopic (exact) mass is 1020 g/mol. The summed E-state index contributed by atoms with van der Waals surface area (Å²) < 4.78 is 10.7. The van der Waals surface area contributed by atoms with Crippen molar-refractivity contribution >= 4 is 90.0 Å². The highest BCUT2D eigenvalue weighted by Gasteiger charge is 2.17. The van der Waals surface area contributed by atoms with Crippen LogP contribution in [0.2, 0.25) is 0 Å². The van der Waals surface area contributed by atoms with Crippen LogP contribution in [0.25, 0.3) is 0 Å². The third kappa shape index (κ3) is 21.3. The van der Waals surface area contributed by atoms with Crippen molar-refractivity contribution in [1.29, 1.82) is 0 Å². The highest BCUT2D eigenvalue weighted by Crippen LogP contribution is 2.22. The fraction of sp³-hybridized carbons (Fsp3) is 0.289. The average Bonchev–Trinajstić information content (AvgIpc) is 3.12. The minimum Gasteiger partial charge on any atom is -0.508 e. The number of hydrogen-bond donors (Lipinski definition) is 7. The van der Waals surface area contributed by atoms with Crippen LogP contribution in [0.3, 0.4) is 0 Å². The Morgan fingerprint density at radius 1 is 0.545 bits per heavy atom. The van der Waals surface area contributed by atoms with Crippen LogP contribution in [0.15, 0.2) is 72.8 Å². The number of benzene rings is 4. The van der Waals surface area contributed by atoms with Crippen LogP contribution in [0.4, 0.5) is 0 Å². The SMILES string of the molecule is CC(C)(C)OC(=O)COc1cc(CBr)cc(CBr)c1.O=C(O)c1cc(O)cc(C(=O)O)c1.OCc1cc(O)cc(CO)c1.Oc1cc(CBr)cc(CBr)c1.[B]. The van der Waals surface area contributed by atoms with Crippen molar-refractivity contribution in [2.24, 2.45) is 0 Å². The first-order valence-electron chi connectivity index (χ1n) is 15.7. The molecule has 7 N–H and O–H groups in total. The number of phenols is 3. The van der Waals surface area contributed by atoms with Crippen LogP contribution in [0, 0.1) is 0 Å². The first kappa shape index (κ1) is 51.4. The maximum Gasteiger partial charge on any atom is 0.344 e. The normalized spacial score (nSPS) is 10.1. The predicted molar refractivity (Wildman–Crippen MR) is 224 cm³/mol. The largest absolute Gasteiger partial charge is 0.508 e. The van der Waals surface area contributed by atoms with Gasteiger partial charge in [-0.2, -0.15) is 0 Å². The highest BCUT2D eigenvalue weighted by atomic mass is 79.9. The van der Waals surface area contributed by atoms with Gasteiger partial charge in [0, 0.05) is 29.7 Å². The Kier molecular flexibility index (Phi) is 24.6. The molecule has 0 aliphatic rings. The number of halogens is 4. The number of alkyl halides is 4. The van der Waals surface area contributed by atoms with Crippen LogP contribution in [0.5, 0.6) is 23.0 Å². The molecule has 4 aromatic rings. The summed E-state index contributed by atoms with van der Waals surface area (Å²) in [5, 5.41) is 64.7. The molecule has 0 unspecified atom stereocenters. The molecule has 3 radical (unpaired) electrons. The Hall–Kier alpha value is -3.61. The fourth-order valence-electron chi connectivity index (χ4n) is 4.16. The molecule has 0 atom stereocenters. The van der Waals surface area contributed by atoms with E-state index in [1.54, 1.807) is 18.2 Å². The van der Waals surface area contributed by atoms with E-state index in [1.807, 2.05) is 39.0 Å². The molecule has 17 heteroatoms. The molecule has 0 spiro atoms. The van der Waals surface area contributed by atoms with Crippen molar-refractivity contribution < 1.29 is 59.6 Å². The van der Waals surface area contributed by atoms with Gasteiger partial charge in [-0.3, -0.25) is 0 Å². The summed E-state index contributed by atoms with van der Waals surface area (Å²) in [6.45, 7) is 5.17. The van der Waals surface area contributed by atoms with E-state index in [1.165, 1.54) is 12.1 Å². The molecule has 0 heterocycles. The number of aliphatic hydroxyl groups excluding tert-OH is 2. The number of hydrogen-bond acceptors (Lipinski definition) is 10. The van der Waals surface area contributed by atoms with Gasteiger partial charge in [-0.25, -0.2) is 14.4 Å². The van der Waals surface area contributed by atoms with Gasteiger partial charge in [0.2, 0.25) is 0 Å². The molecule has 0 bridgehead atoms.